The summed E-state index contributed by atoms with van der Waals surface area (Å²) in [6, 6.07) is 5.83. The van der Waals surface area contributed by atoms with E-state index in [4.69, 9.17) is 18.9 Å². The fourth-order valence-corrected chi connectivity index (χ4v) is 8.38. The van der Waals surface area contributed by atoms with Crippen molar-refractivity contribution < 1.29 is 48.7 Å². The summed E-state index contributed by atoms with van der Waals surface area (Å²) >= 11 is 0. The SMILES string of the molecule is CCOC(=O)C1=C(C=O)/C(=C2/CCC(=O)[C@@H](c3ccc4c(c3)=CCN=4)C2)c2c(OCCCO)c3c(c(CO)c2O1)O[C@H]([C@](C)(O)C1CCNCC1)C3. The average Bonchev–Trinajstić information content (AvgIpc) is 3.83. The van der Waals surface area contributed by atoms with Crippen molar-refractivity contribution in [3.05, 3.63) is 67.9 Å². The number of fused-ring (bicyclic) bond motifs is 3. The summed E-state index contributed by atoms with van der Waals surface area (Å²) in [5, 5.41) is 37.8. The molecule has 52 heavy (non-hydrogen) atoms. The van der Waals surface area contributed by atoms with Gasteiger partial charge in [-0.3, -0.25) is 14.6 Å². The minimum absolute atomic E-state index is 0.0257. The first kappa shape index (κ1) is 36.0. The van der Waals surface area contributed by atoms with E-state index < -0.39 is 30.2 Å². The molecule has 12 nitrogen and oxygen atoms in total. The molecular formula is C40H46N2O10. The van der Waals surface area contributed by atoms with Gasteiger partial charge in [0.1, 0.15) is 34.7 Å². The van der Waals surface area contributed by atoms with Crippen LogP contribution in [0.2, 0.25) is 0 Å². The van der Waals surface area contributed by atoms with Gasteiger partial charge in [0, 0.05) is 42.9 Å². The number of ether oxygens (including phenoxy) is 4. The molecule has 5 aliphatic rings. The number of aliphatic hydroxyl groups excluding tert-OH is 2. The summed E-state index contributed by atoms with van der Waals surface area (Å²) in [5.74, 6) is -0.983. The number of aldehydes is 1. The molecule has 276 valence electrons. The van der Waals surface area contributed by atoms with Crippen LogP contribution in [0.5, 0.6) is 17.2 Å². The van der Waals surface area contributed by atoms with E-state index in [1.807, 2.05) is 24.3 Å². The zero-order chi connectivity index (χ0) is 36.6. The number of Topliss-reactive ketones (excluding diaryl/α,β-unsaturated/α-hetero) is 1. The molecule has 0 radical (unpaired) electrons. The number of aliphatic hydroxyl groups is 3. The molecule has 4 aliphatic heterocycles. The van der Waals surface area contributed by atoms with Crippen LogP contribution >= 0.6 is 0 Å². The summed E-state index contributed by atoms with van der Waals surface area (Å²) in [6.07, 6.45) is 4.74. The third-order valence-corrected chi connectivity index (χ3v) is 11.2. The average molecular weight is 715 g/mol. The Morgan fingerprint density at radius 2 is 1.96 bits per heavy atom. The van der Waals surface area contributed by atoms with Gasteiger partial charge in [0.15, 0.2) is 6.29 Å². The highest BCUT2D eigenvalue weighted by Gasteiger charge is 2.48. The molecule has 2 aromatic rings. The lowest BCUT2D eigenvalue weighted by molar-refractivity contribution is -0.141. The van der Waals surface area contributed by atoms with Crippen LogP contribution in [0, 0.1) is 5.92 Å². The van der Waals surface area contributed by atoms with Crippen molar-refractivity contribution in [3.8, 4) is 17.2 Å². The lowest BCUT2D eigenvalue weighted by Crippen LogP contribution is -2.51. The minimum Gasteiger partial charge on any atom is -0.492 e. The lowest BCUT2D eigenvalue weighted by Gasteiger charge is -2.39. The number of nitrogens with zero attached hydrogens (tertiary/aromatic N) is 1. The zero-order valence-electron chi connectivity index (χ0n) is 29.7. The Morgan fingerprint density at radius 1 is 1.15 bits per heavy atom. The van der Waals surface area contributed by atoms with Crippen molar-refractivity contribution >= 4 is 29.7 Å². The second-order valence-electron chi connectivity index (χ2n) is 14.2. The van der Waals surface area contributed by atoms with Crippen LogP contribution in [0.4, 0.5) is 0 Å². The molecule has 1 aliphatic carbocycles. The highest BCUT2D eigenvalue weighted by Crippen LogP contribution is 2.57. The topological polar surface area (TPSA) is 173 Å². The molecule has 4 heterocycles. The van der Waals surface area contributed by atoms with Crippen molar-refractivity contribution in [2.24, 2.45) is 10.9 Å². The summed E-state index contributed by atoms with van der Waals surface area (Å²) in [5.41, 5.74) is 1.91. The summed E-state index contributed by atoms with van der Waals surface area (Å²) in [4.78, 5) is 44.7. The Labute approximate surface area is 301 Å². The van der Waals surface area contributed by atoms with Gasteiger partial charge < -0.3 is 39.6 Å². The molecule has 1 saturated heterocycles. The smallest absolute Gasteiger partial charge is 0.375 e. The van der Waals surface area contributed by atoms with Crippen molar-refractivity contribution in [3.63, 3.8) is 0 Å². The molecule has 0 amide bonds. The maximum absolute atomic E-state index is 13.6. The van der Waals surface area contributed by atoms with Gasteiger partial charge in [0.25, 0.3) is 0 Å². The Balaban J connectivity index is 1.43. The van der Waals surface area contributed by atoms with E-state index in [1.165, 1.54) is 0 Å². The number of hydrogen-bond acceptors (Lipinski definition) is 12. The number of benzene rings is 2. The molecule has 1 saturated carbocycles. The van der Waals surface area contributed by atoms with E-state index in [1.54, 1.807) is 13.8 Å². The third kappa shape index (κ3) is 6.35. The van der Waals surface area contributed by atoms with Gasteiger partial charge in [0.05, 0.1) is 48.4 Å². The van der Waals surface area contributed by atoms with Crippen LogP contribution < -0.4 is 30.1 Å². The number of allylic oxidation sites excluding steroid dienone is 3. The fraction of sp³-hybridized carbons (Fsp3) is 0.500. The molecule has 2 aromatic carbocycles. The highest BCUT2D eigenvalue weighted by molar-refractivity contribution is 6.11. The van der Waals surface area contributed by atoms with E-state index >= 15 is 0 Å². The minimum atomic E-state index is -1.24. The monoisotopic (exact) mass is 714 g/mol. The van der Waals surface area contributed by atoms with E-state index in [-0.39, 0.29) is 79.2 Å². The zero-order valence-corrected chi connectivity index (χ0v) is 29.7. The molecule has 0 aromatic heterocycles. The number of ketones is 1. The third-order valence-electron chi connectivity index (χ3n) is 11.2. The van der Waals surface area contributed by atoms with Crippen molar-refractivity contribution in [1.82, 2.24) is 5.32 Å². The predicted octanol–water partition coefficient (Wildman–Crippen LogP) is 2.11. The van der Waals surface area contributed by atoms with Crippen LogP contribution in [0.3, 0.4) is 0 Å². The molecule has 12 heteroatoms. The fourth-order valence-electron chi connectivity index (χ4n) is 8.38. The molecule has 3 atom stereocenters. The first-order chi connectivity index (χ1) is 25.2. The van der Waals surface area contributed by atoms with Gasteiger partial charge in [-0.25, -0.2) is 4.79 Å². The number of esters is 1. The van der Waals surface area contributed by atoms with Gasteiger partial charge in [-0.05, 0) is 81.5 Å². The van der Waals surface area contributed by atoms with Gasteiger partial charge >= 0.3 is 5.97 Å². The number of nitrogens with one attached hydrogen (secondary N) is 1. The largest absolute Gasteiger partial charge is 0.492 e. The van der Waals surface area contributed by atoms with Crippen molar-refractivity contribution in [1.29, 1.82) is 0 Å². The second kappa shape index (κ2) is 14.9. The van der Waals surface area contributed by atoms with Crippen LogP contribution in [0.15, 0.2) is 40.1 Å². The number of carbonyl (C=O) groups is 3. The van der Waals surface area contributed by atoms with Gasteiger partial charge in [-0.1, -0.05) is 17.7 Å². The molecular weight excluding hydrogens is 668 g/mol. The van der Waals surface area contributed by atoms with E-state index in [2.05, 4.69) is 10.3 Å². The Kier molecular flexibility index (Phi) is 10.3. The maximum atomic E-state index is 13.6. The van der Waals surface area contributed by atoms with Gasteiger partial charge in [-0.2, -0.15) is 0 Å². The highest BCUT2D eigenvalue weighted by atomic mass is 16.6. The number of hydrogen-bond donors (Lipinski definition) is 4. The van der Waals surface area contributed by atoms with E-state index in [9.17, 15) is 29.7 Å². The second-order valence-corrected chi connectivity index (χ2v) is 14.2. The van der Waals surface area contributed by atoms with Gasteiger partial charge in [0.2, 0.25) is 5.76 Å². The van der Waals surface area contributed by atoms with Crippen molar-refractivity contribution in [2.75, 3.05) is 39.5 Å². The molecule has 0 bridgehead atoms. The van der Waals surface area contributed by atoms with Crippen LogP contribution in [-0.2, 0) is 32.1 Å². The molecule has 2 fully saturated rings. The van der Waals surface area contributed by atoms with E-state index in [0.29, 0.717) is 48.1 Å². The van der Waals surface area contributed by atoms with Gasteiger partial charge in [-0.15, -0.1) is 0 Å². The molecule has 0 spiro atoms. The number of rotatable bonds is 11. The Morgan fingerprint density at radius 3 is 2.69 bits per heavy atom. The van der Waals surface area contributed by atoms with Crippen LogP contribution in [0.25, 0.3) is 11.6 Å². The number of carbonyl (C=O) groups excluding carboxylic acids is 3. The van der Waals surface area contributed by atoms with Crippen molar-refractivity contribution in [2.45, 2.75) is 83.0 Å². The summed E-state index contributed by atoms with van der Waals surface area (Å²) < 4.78 is 24.7. The molecule has 4 N–H and O–H groups in total. The Bertz CT molecular complexity index is 1970. The normalized spacial score (nSPS) is 23.7. The molecule has 7 rings (SSSR count). The summed E-state index contributed by atoms with van der Waals surface area (Å²) in [6.45, 7) is 5.02. The summed E-state index contributed by atoms with van der Waals surface area (Å²) in [7, 11) is 0. The Hall–Kier alpha value is -4.36. The van der Waals surface area contributed by atoms with Crippen LogP contribution in [0.1, 0.15) is 80.5 Å². The number of piperidine rings is 1. The standard InChI is InChI=1S/C40H46N2O10/c1-3-49-39(47)38-28(20-44)33(24-6-8-31(46)26(18-24)22-5-7-30-23(17-22)9-14-42-30)34-36(50-16-4-15-43)27-19-32(40(2,48)25-10-12-41-13-11-25)51-35(27)29(21-45)37(34)52-38/h5,7,9,17,20,25-26,32,41,43,45,48H,3-4,6,8,10-16,18-19,21H2,1-2H3/b33-24+/t26-,32+,40-/m1/s1. The molecule has 0 unspecified atom stereocenters. The quantitative estimate of drug-likeness (QED) is 0.153. The van der Waals surface area contributed by atoms with E-state index in [0.717, 1.165) is 47.6 Å². The van der Waals surface area contributed by atoms with Crippen LogP contribution in [-0.4, -0.2) is 84.5 Å². The first-order valence-electron chi connectivity index (χ1n) is 18.3. The maximum Gasteiger partial charge on any atom is 0.375 e. The lowest BCUT2D eigenvalue weighted by atomic mass is 9.75. The first-order valence-corrected chi connectivity index (χ1v) is 18.3. The predicted molar refractivity (Wildman–Crippen MR) is 189 cm³/mol.